The van der Waals surface area contributed by atoms with Gasteiger partial charge in [0.15, 0.2) is 5.03 Å². The van der Waals surface area contributed by atoms with Gasteiger partial charge in [-0.15, -0.1) is 11.3 Å². The van der Waals surface area contributed by atoms with E-state index in [4.69, 9.17) is 9.47 Å². The Kier molecular flexibility index (Phi) is 5.63. The molecule has 1 saturated heterocycles. The van der Waals surface area contributed by atoms with Gasteiger partial charge in [0.05, 0.1) is 25.1 Å². The highest BCUT2D eigenvalue weighted by Gasteiger charge is 2.40. The first kappa shape index (κ1) is 16.6. The number of hydrogen-bond donors (Lipinski definition) is 1. The number of hydrazone groups is 1. The summed E-state index contributed by atoms with van der Waals surface area (Å²) in [7, 11) is 0. The van der Waals surface area contributed by atoms with Crippen LogP contribution in [0, 0.1) is 10.1 Å². The predicted octanol–water partition coefficient (Wildman–Crippen LogP) is 0.865. The highest BCUT2D eigenvalue weighted by molar-refractivity contribution is 7.09. The molecular weight excluding hydrogens is 310 g/mol. The van der Waals surface area contributed by atoms with Crippen LogP contribution in [0.25, 0.3) is 0 Å². The summed E-state index contributed by atoms with van der Waals surface area (Å²) in [6.07, 6.45) is 1.73. The fraction of sp³-hybridized carbons (Fsp3) is 0.667. The molecular formula is C12H19N5O4S. The van der Waals surface area contributed by atoms with E-state index in [2.05, 4.69) is 15.4 Å². The summed E-state index contributed by atoms with van der Waals surface area (Å²) in [5, 5.41) is 16.3. The molecule has 2 heterocycles. The van der Waals surface area contributed by atoms with E-state index in [-0.39, 0.29) is 5.96 Å². The van der Waals surface area contributed by atoms with Crippen LogP contribution in [0.5, 0.6) is 0 Å². The lowest BCUT2D eigenvalue weighted by Gasteiger charge is -2.42. The number of nitrogens with zero attached hydrogens (tertiary/aromatic N) is 4. The summed E-state index contributed by atoms with van der Waals surface area (Å²) in [5.74, 6) is -0.641. The van der Waals surface area contributed by atoms with Gasteiger partial charge in [-0.2, -0.15) is 0 Å². The van der Waals surface area contributed by atoms with Crippen LogP contribution in [0.4, 0.5) is 0 Å². The smallest absolute Gasteiger partial charge is 0.272 e. The van der Waals surface area contributed by atoms with Gasteiger partial charge in [0, 0.05) is 24.3 Å². The Morgan fingerprint density at radius 3 is 2.82 bits per heavy atom. The first-order chi connectivity index (χ1) is 10.6. The first-order valence-electron chi connectivity index (χ1n) is 6.95. The predicted molar refractivity (Wildman–Crippen MR) is 80.9 cm³/mol. The molecule has 0 spiro atoms. The van der Waals surface area contributed by atoms with Crippen LogP contribution >= 0.6 is 11.3 Å². The number of ether oxygens (including phenoxy) is 2. The van der Waals surface area contributed by atoms with E-state index < -0.39 is 10.8 Å². The van der Waals surface area contributed by atoms with Crippen LogP contribution in [0.1, 0.15) is 18.7 Å². The summed E-state index contributed by atoms with van der Waals surface area (Å²) in [6, 6.07) is 0. The molecule has 1 N–H and O–H groups in total. The second kappa shape index (κ2) is 7.47. The fourth-order valence-electron chi connectivity index (χ4n) is 2.32. The second-order valence-corrected chi connectivity index (χ2v) is 5.59. The third kappa shape index (κ3) is 4.12. The maximum atomic E-state index is 10.7. The molecule has 0 amide bonds. The number of thiazole rings is 1. The maximum absolute atomic E-state index is 10.7. The molecule has 22 heavy (non-hydrogen) atoms. The SMILES string of the molecule is CCOC1(OCC)CNC(=N[N+](=O)[O-])N(Cc2cncs2)C1. The normalized spacial score (nSPS) is 19.2. The number of hydrogen-bond acceptors (Lipinski definition) is 6. The van der Waals surface area contributed by atoms with Crippen molar-refractivity contribution in [2.45, 2.75) is 26.2 Å². The average Bonchev–Trinajstić information content (AvgIpc) is 2.95. The largest absolute Gasteiger partial charge is 0.347 e. The molecule has 1 aliphatic heterocycles. The van der Waals surface area contributed by atoms with Gasteiger partial charge in [0.25, 0.3) is 5.96 Å². The van der Waals surface area contributed by atoms with Gasteiger partial charge in [-0.25, -0.2) is 10.1 Å². The van der Waals surface area contributed by atoms with Crippen molar-refractivity contribution in [2.75, 3.05) is 26.3 Å². The zero-order valence-corrected chi connectivity index (χ0v) is 13.3. The quantitative estimate of drug-likeness (QED) is 0.450. The third-order valence-corrected chi connectivity index (χ3v) is 3.83. The minimum atomic E-state index is -0.843. The van der Waals surface area contributed by atoms with Gasteiger partial charge in [-0.3, -0.25) is 4.98 Å². The van der Waals surface area contributed by atoms with Crippen LogP contribution in [0.2, 0.25) is 0 Å². The molecule has 0 radical (unpaired) electrons. The summed E-state index contributed by atoms with van der Waals surface area (Å²) >= 11 is 1.48. The van der Waals surface area contributed by atoms with Crippen LogP contribution in [-0.2, 0) is 16.0 Å². The van der Waals surface area contributed by atoms with Crippen LogP contribution < -0.4 is 5.32 Å². The van der Waals surface area contributed by atoms with E-state index in [0.717, 1.165) is 4.88 Å². The number of guanidine groups is 1. The van der Waals surface area contributed by atoms with E-state index in [1.807, 2.05) is 13.8 Å². The lowest BCUT2D eigenvalue weighted by molar-refractivity contribution is -0.486. The Labute approximate surface area is 132 Å². The zero-order chi connectivity index (χ0) is 16.0. The lowest BCUT2D eigenvalue weighted by Crippen LogP contribution is -2.63. The fourth-order valence-corrected chi connectivity index (χ4v) is 2.93. The first-order valence-corrected chi connectivity index (χ1v) is 7.83. The maximum Gasteiger partial charge on any atom is 0.272 e. The molecule has 9 nitrogen and oxygen atoms in total. The van der Waals surface area contributed by atoms with Crippen molar-refractivity contribution in [1.82, 2.24) is 15.2 Å². The molecule has 2 rings (SSSR count). The number of nitrogens with one attached hydrogen (secondary N) is 1. The van der Waals surface area contributed by atoms with Gasteiger partial charge < -0.3 is 19.7 Å². The summed E-state index contributed by atoms with van der Waals surface area (Å²) in [4.78, 5) is 17.4. The molecule has 0 bridgehead atoms. The number of rotatable bonds is 7. The van der Waals surface area contributed by atoms with Gasteiger partial charge in [0.2, 0.25) is 5.79 Å². The second-order valence-electron chi connectivity index (χ2n) is 4.62. The Balaban J connectivity index is 2.21. The van der Waals surface area contributed by atoms with E-state index >= 15 is 0 Å². The van der Waals surface area contributed by atoms with E-state index in [0.29, 0.717) is 32.8 Å². The molecule has 10 heteroatoms. The van der Waals surface area contributed by atoms with Crippen molar-refractivity contribution in [1.29, 1.82) is 0 Å². The van der Waals surface area contributed by atoms with Crippen molar-refractivity contribution in [3.63, 3.8) is 0 Å². The van der Waals surface area contributed by atoms with Crippen molar-refractivity contribution in [3.8, 4) is 0 Å². The number of nitro groups is 1. The molecule has 0 atom stereocenters. The van der Waals surface area contributed by atoms with Crippen molar-refractivity contribution in [3.05, 3.63) is 26.7 Å². The molecule has 0 unspecified atom stereocenters. The Hall–Kier alpha value is -1.78. The zero-order valence-electron chi connectivity index (χ0n) is 12.5. The summed E-state index contributed by atoms with van der Waals surface area (Å²) < 4.78 is 11.5. The van der Waals surface area contributed by atoms with Crippen molar-refractivity contribution < 1.29 is 14.5 Å². The average molecular weight is 329 g/mol. The Morgan fingerprint density at radius 1 is 1.55 bits per heavy atom. The molecule has 0 saturated carbocycles. The summed E-state index contributed by atoms with van der Waals surface area (Å²) in [6.45, 7) is 5.85. The van der Waals surface area contributed by atoms with Crippen LogP contribution in [-0.4, -0.2) is 53.0 Å². The molecule has 1 aromatic rings. The molecule has 122 valence electrons. The van der Waals surface area contributed by atoms with Crippen molar-refractivity contribution in [2.24, 2.45) is 5.10 Å². The Bertz CT molecular complexity index is 516. The van der Waals surface area contributed by atoms with Gasteiger partial charge in [-0.05, 0) is 13.8 Å². The van der Waals surface area contributed by atoms with E-state index in [1.54, 1.807) is 16.6 Å². The molecule has 1 aliphatic rings. The standard InChI is InChI=1S/C12H19N5O4S/c1-3-20-12(21-4-2)7-14-11(15-17(18)19)16(8-12)6-10-5-13-9-22-10/h5,9H,3-4,6-8H2,1-2H3,(H,14,15). The highest BCUT2D eigenvalue weighted by atomic mass is 32.1. The minimum absolute atomic E-state index is 0.202. The van der Waals surface area contributed by atoms with Crippen LogP contribution in [0.3, 0.4) is 0 Å². The third-order valence-electron chi connectivity index (χ3n) is 3.07. The Morgan fingerprint density at radius 2 is 2.27 bits per heavy atom. The summed E-state index contributed by atoms with van der Waals surface area (Å²) in [5.41, 5.74) is 1.72. The molecule has 0 aromatic carbocycles. The molecule has 0 aliphatic carbocycles. The van der Waals surface area contributed by atoms with Crippen molar-refractivity contribution >= 4 is 17.3 Å². The highest BCUT2D eigenvalue weighted by Crippen LogP contribution is 2.21. The van der Waals surface area contributed by atoms with E-state index in [1.165, 1.54) is 11.3 Å². The minimum Gasteiger partial charge on any atom is -0.347 e. The van der Waals surface area contributed by atoms with Gasteiger partial charge in [0.1, 0.15) is 5.10 Å². The number of aromatic nitrogens is 1. The molecule has 1 aromatic heterocycles. The van der Waals surface area contributed by atoms with Gasteiger partial charge >= 0.3 is 0 Å². The van der Waals surface area contributed by atoms with Crippen LogP contribution in [0.15, 0.2) is 16.8 Å². The van der Waals surface area contributed by atoms with Gasteiger partial charge in [-0.1, -0.05) is 0 Å². The lowest BCUT2D eigenvalue weighted by atomic mass is 10.2. The monoisotopic (exact) mass is 329 g/mol. The topological polar surface area (TPSA) is 102 Å². The molecule has 1 fully saturated rings. The van der Waals surface area contributed by atoms with E-state index in [9.17, 15) is 10.1 Å².